The Morgan fingerprint density at radius 1 is 1.06 bits per heavy atom. The van der Waals surface area contributed by atoms with Crippen molar-refractivity contribution in [3.05, 3.63) is 75.5 Å². The van der Waals surface area contributed by atoms with Crippen LogP contribution >= 0.6 is 11.3 Å². The molecule has 0 fully saturated rings. The molecular weight excluding hydrogens is 424 g/mol. The van der Waals surface area contributed by atoms with Crippen molar-refractivity contribution in [2.45, 2.75) is 19.0 Å². The summed E-state index contributed by atoms with van der Waals surface area (Å²) in [6.45, 7) is 2.13. The van der Waals surface area contributed by atoms with Crippen LogP contribution in [0.5, 0.6) is 17.2 Å². The van der Waals surface area contributed by atoms with Crippen LogP contribution in [0.2, 0.25) is 0 Å². The molecule has 7 heteroatoms. The average Bonchev–Trinajstić information content (AvgIpc) is 3.37. The first-order chi connectivity index (χ1) is 15.6. The van der Waals surface area contributed by atoms with Gasteiger partial charge in [-0.05, 0) is 58.8 Å². The van der Waals surface area contributed by atoms with Crippen molar-refractivity contribution in [2.24, 2.45) is 0 Å². The van der Waals surface area contributed by atoms with E-state index in [0.717, 1.165) is 36.6 Å². The molecule has 2 aromatic carbocycles. The molecule has 168 valence electrons. The summed E-state index contributed by atoms with van der Waals surface area (Å²) in [5, 5.41) is 5.05. The van der Waals surface area contributed by atoms with E-state index in [1.807, 2.05) is 35.7 Å². The normalized spacial score (nSPS) is 15.7. The topological polar surface area (TPSA) is 60.0 Å². The molecule has 0 spiro atoms. The number of hydrogen-bond acceptors (Lipinski definition) is 6. The first kappa shape index (κ1) is 22.2. The Morgan fingerprint density at radius 3 is 2.59 bits per heavy atom. The number of carbonyl (C=O) groups excluding carboxylic acids is 1. The summed E-state index contributed by atoms with van der Waals surface area (Å²) in [6.07, 6.45) is 0.898. The summed E-state index contributed by atoms with van der Waals surface area (Å²) in [5.74, 6) is 2.22. The molecule has 1 aliphatic rings. The van der Waals surface area contributed by atoms with Gasteiger partial charge in [0.05, 0.1) is 32.2 Å². The Morgan fingerprint density at radius 2 is 1.88 bits per heavy atom. The van der Waals surface area contributed by atoms with Crippen LogP contribution in [-0.2, 0) is 13.0 Å². The summed E-state index contributed by atoms with van der Waals surface area (Å²) in [5.41, 5.74) is 3.55. The molecule has 2 heterocycles. The predicted molar refractivity (Wildman–Crippen MR) is 126 cm³/mol. The van der Waals surface area contributed by atoms with Gasteiger partial charge >= 0.3 is 0 Å². The molecule has 1 aromatic heterocycles. The SMILES string of the molecule is COc1cccc(CN2CCc3cc(OC)c(OC)cc3C2CNC(=O)c2cccs2)c1. The molecule has 1 unspecified atom stereocenters. The number of nitrogens with one attached hydrogen (secondary N) is 1. The molecule has 3 aromatic rings. The third-order valence-corrected chi connectivity index (χ3v) is 6.70. The molecule has 1 N–H and O–H groups in total. The Labute approximate surface area is 192 Å². The maximum Gasteiger partial charge on any atom is 0.261 e. The van der Waals surface area contributed by atoms with Crippen LogP contribution in [0.25, 0.3) is 0 Å². The van der Waals surface area contributed by atoms with Crippen LogP contribution in [0.1, 0.15) is 32.4 Å². The summed E-state index contributed by atoms with van der Waals surface area (Å²) in [6, 6.07) is 16.0. The lowest BCUT2D eigenvalue weighted by Crippen LogP contribution is -2.41. The summed E-state index contributed by atoms with van der Waals surface area (Å²) in [4.78, 5) is 15.8. The number of ether oxygens (including phenoxy) is 3. The Hall–Kier alpha value is -3.03. The molecule has 0 aliphatic carbocycles. The van der Waals surface area contributed by atoms with Crippen LogP contribution in [-0.4, -0.2) is 45.2 Å². The van der Waals surface area contributed by atoms with Crippen LogP contribution in [0, 0.1) is 0 Å². The van der Waals surface area contributed by atoms with Gasteiger partial charge in [0.25, 0.3) is 5.91 Å². The molecule has 4 rings (SSSR count). The number of carbonyl (C=O) groups is 1. The van der Waals surface area contributed by atoms with E-state index < -0.39 is 0 Å². The number of rotatable bonds is 8. The molecule has 0 bridgehead atoms. The van der Waals surface area contributed by atoms with Crippen molar-refractivity contribution >= 4 is 17.2 Å². The number of benzene rings is 2. The fraction of sp³-hybridized carbons (Fsp3) is 0.320. The average molecular weight is 453 g/mol. The summed E-state index contributed by atoms with van der Waals surface area (Å²) in [7, 11) is 4.98. The van der Waals surface area contributed by atoms with Gasteiger partial charge in [0.15, 0.2) is 11.5 Å². The zero-order valence-corrected chi connectivity index (χ0v) is 19.4. The number of thiophene rings is 1. The summed E-state index contributed by atoms with van der Waals surface area (Å²) < 4.78 is 16.5. The number of fused-ring (bicyclic) bond motifs is 1. The largest absolute Gasteiger partial charge is 0.497 e. The molecule has 0 radical (unpaired) electrons. The maximum absolute atomic E-state index is 12.7. The molecule has 1 aliphatic heterocycles. The van der Waals surface area contributed by atoms with Crippen LogP contribution in [0.15, 0.2) is 53.9 Å². The van der Waals surface area contributed by atoms with Crippen LogP contribution < -0.4 is 19.5 Å². The van der Waals surface area contributed by atoms with E-state index >= 15 is 0 Å². The molecular formula is C25H28N2O4S. The quantitative estimate of drug-likeness (QED) is 0.552. The lowest BCUT2D eigenvalue weighted by molar-refractivity contribution is 0.0930. The van der Waals surface area contributed by atoms with Crippen molar-refractivity contribution in [1.82, 2.24) is 10.2 Å². The Kier molecular flexibility index (Phi) is 6.97. The molecule has 1 atom stereocenters. The number of nitrogens with zero attached hydrogens (tertiary/aromatic N) is 1. The highest BCUT2D eigenvalue weighted by molar-refractivity contribution is 7.12. The highest BCUT2D eigenvalue weighted by Crippen LogP contribution is 2.38. The predicted octanol–water partition coefficient (Wildman–Crippen LogP) is 4.30. The zero-order valence-electron chi connectivity index (χ0n) is 18.6. The van der Waals surface area contributed by atoms with Crippen molar-refractivity contribution in [1.29, 1.82) is 0 Å². The van der Waals surface area contributed by atoms with Gasteiger partial charge in [0.2, 0.25) is 0 Å². The van der Waals surface area contributed by atoms with Crippen molar-refractivity contribution in [3.63, 3.8) is 0 Å². The fourth-order valence-corrected chi connectivity index (χ4v) is 4.84. The van der Waals surface area contributed by atoms with E-state index in [2.05, 4.69) is 28.4 Å². The minimum absolute atomic E-state index is 0.00803. The maximum atomic E-state index is 12.7. The second kappa shape index (κ2) is 10.1. The first-order valence-electron chi connectivity index (χ1n) is 10.6. The van der Waals surface area contributed by atoms with Gasteiger partial charge in [-0.3, -0.25) is 9.69 Å². The fourth-order valence-electron chi connectivity index (χ4n) is 4.20. The molecule has 1 amide bonds. The molecule has 0 saturated heterocycles. The third-order valence-electron chi connectivity index (χ3n) is 5.83. The minimum atomic E-state index is -0.0473. The summed E-state index contributed by atoms with van der Waals surface area (Å²) >= 11 is 1.45. The van der Waals surface area contributed by atoms with Crippen LogP contribution in [0.3, 0.4) is 0 Å². The smallest absolute Gasteiger partial charge is 0.261 e. The number of methoxy groups -OCH3 is 3. The molecule has 0 saturated carbocycles. The standard InChI is InChI=1S/C25H28N2O4S/c1-29-19-7-4-6-17(12-19)16-27-10-9-18-13-22(30-2)23(31-3)14-20(18)21(27)15-26-25(28)24-8-5-11-32-24/h4-8,11-14,21H,9-10,15-16H2,1-3H3,(H,26,28). The minimum Gasteiger partial charge on any atom is -0.497 e. The lowest BCUT2D eigenvalue weighted by atomic mass is 9.91. The Balaban J connectivity index is 1.63. The number of amides is 1. The zero-order chi connectivity index (χ0) is 22.5. The van der Waals surface area contributed by atoms with Crippen molar-refractivity contribution in [3.8, 4) is 17.2 Å². The second-order valence-corrected chi connectivity index (χ2v) is 8.63. The molecule has 6 nitrogen and oxygen atoms in total. The van der Waals surface area contributed by atoms with E-state index in [1.165, 1.54) is 22.5 Å². The van der Waals surface area contributed by atoms with E-state index in [9.17, 15) is 4.79 Å². The van der Waals surface area contributed by atoms with Crippen molar-refractivity contribution in [2.75, 3.05) is 34.4 Å². The van der Waals surface area contributed by atoms with Gasteiger partial charge in [-0.1, -0.05) is 18.2 Å². The van der Waals surface area contributed by atoms with Gasteiger partial charge in [0, 0.05) is 19.6 Å². The van der Waals surface area contributed by atoms with Crippen molar-refractivity contribution < 1.29 is 19.0 Å². The van der Waals surface area contributed by atoms with Gasteiger partial charge < -0.3 is 19.5 Å². The monoisotopic (exact) mass is 452 g/mol. The van der Waals surface area contributed by atoms with Gasteiger partial charge in [-0.25, -0.2) is 0 Å². The second-order valence-electron chi connectivity index (χ2n) is 7.68. The van der Waals surface area contributed by atoms with Gasteiger partial charge in [0.1, 0.15) is 5.75 Å². The Bertz CT molecular complexity index is 1070. The highest BCUT2D eigenvalue weighted by Gasteiger charge is 2.30. The van der Waals surface area contributed by atoms with Crippen LogP contribution in [0.4, 0.5) is 0 Å². The highest BCUT2D eigenvalue weighted by atomic mass is 32.1. The van der Waals surface area contributed by atoms with Gasteiger partial charge in [-0.15, -0.1) is 11.3 Å². The third kappa shape index (κ3) is 4.74. The lowest BCUT2D eigenvalue weighted by Gasteiger charge is -2.38. The van der Waals surface area contributed by atoms with Gasteiger partial charge in [-0.2, -0.15) is 0 Å². The van der Waals surface area contributed by atoms with E-state index in [-0.39, 0.29) is 11.9 Å². The van der Waals surface area contributed by atoms with E-state index in [0.29, 0.717) is 17.2 Å². The van der Waals surface area contributed by atoms with E-state index in [4.69, 9.17) is 14.2 Å². The first-order valence-corrected chi connectivity index (χ1v) is 11.4. The number of hydrogen-bond donors (Lipinski definition) is 1. The van der Waals surface area contributed by atoms with E-state index in [1.54, 1.807) is 21.3 Å². The molecule has 32 heavy (non-hydrogen) atoms.